The van der Waals surface area contributed by atoms with Crippen molar-refractivity contribution in [3.05, 3.63) is 70.1 Å². The summed E-state index contributed by atoms with van der Waals surface area (Å²) in [5, 5.41) is 37.3. The molecule has 0 bridgehead atoms. The predicted octanol–water partition coefficient (Wildman–Crippen LogP) is 0.927. The summed E-state index contributed by atoms with van der Waals surface area (Å²) in [5.41, 5.74) is 2.69. The smallest absolute Gasteiger partial charge is 0.163 e. The molecule has 2 rings (SSSR count). The maximum atomic E-state index is 10.7. The Labute approximate surface area is 126 Å². The van der Waals surface area contributed by atoms with E-state index in [-0.39, 0.29) is 11.4 Å². The summed E-state index contributed by atoms with van der Waals surface area (Å²) in [6.07, 6.45) is 0. The highest BCUT2D eigenvalue weighted by Crippen LogP contribution is 2.19. The van der Waals surface area contributed by atoms with Crippen molar-refractivity contribution in [2.75, 3.05) is 0 Å². The predicted molar refractivity (Wildman–Crippen MR) is 79.4 cm³/mol. The third-order valence-corrected chi connectivity index (χ3v) is 4.01. The van der Waals surface area contributed by atoms with Crippen molar-refractivity contribution in [2.24, 2.45) is 0 Å². The lowest BCUT2D eigenvalue weighted by atomic mass is 10.2. The molecule has 0 saturated heterocycles. The number of nitrogens with one attached hydrogen (secondary N) is 2. The number of rotatable bonds is 6. The molecule has 0 amide bonds. The second-order valence-electron chi connectivity index (χ2n) is 4.50. The van der Waals surface area contributed by atoms with Gasteiger partial charge >= 0.3 is 0 Å². The van der Waals surface area contributed by atoms with Gasteiger partial charge in [0.2, 0.25) is 0 Å². The second kappa shape index (κ2) is 7.53. The standard InChI is InChI=1S/C14H16N2O4S/c17-15(18)13-5-1-11(2-6-13)9-21-10-12-3-7-14(8-4-12)16(19)20/h1-8,15-17,19H,9-10H2. The molecule has 0 aliphatic heterocycles. The van der Waals surface area contributed by atoms with Crippen LogP contribution in [-0.2, 0) is 11.5 Å². The van der Waals surface area contributed by atoms with Crippen molar-refractivity contribution < 1.29 is 20.9 Å². The third kappa shape index (κ3) is 4.80. The fourth-order valence-electron chi connectivity index (χ4n) is 1.77. The first kappa shape index (κ1) is 15.9. The van der Waals surface area contributed by atoms with E-state index in [1.54, 1.807) is 36.0 Å². The van der Waals surface area contributed by atoms with E-state index in [4.69, 9.17) is 10.4 Å². The van der Waals surface area contributed by atoms with Crippen molar-refractivity contribution in [3.63, 3.8) is 0 Å². The molecule has 0 aromatic heterocycles. The zero-order valence-electron chi connectivity index (χ0n) is 11.2. The Bertz CT molecular complexity index is 507. The van der Waals surface area contributed by atoms with Gasteiger partial charge < -0.3 is 10.4 Å². The fraction of sp³-hybridized carbons (Fsp3) is 0.143. The van der Waals surface area contributed by atoms with E-state index in [0.29, 0.717) is 0 Å². The molecule has 0 saturated carbocycles. The van der Waals surface area contributed by atoms with Gasteiger partial charge in [-0.05, 0) is 11.1 Å². The van der Waals surface area contributed by atoms with Crippen LogP contribution in [0.2, 0.25) is 0 Å². The minimum absolute atomic E-state index is 0.285. The summed E-state index contributed by atoms with van der Waals surface area (Å²) < 4.78 is 0. The summed E-state index contributed by atoms with van der Waals surface area (Å²) in [5.74, 6) is 1.56. The second-order valence-corrected chi connectivity index (χ2v) is 5.48. The Balaban J connectivity index is 1.83. The molecule has 2 aromatic rings. The van der Waals surface area contributed by atoms with Crippen LogP contribution in [0.3, 0.4) is 0 Å². The molecule has 0 fully saturated rings. The summed E-state index contributed by atoms with van der Waals surface area (Å²) in [4.78, 5) is 0. The lowest BCUT2D eigenvalue weighted by molar-refractivity contribution is -0.991. The van der Waals surface area contributed by atoms with Gasteiger partial charge in [-0.3, -0.25) is 0 Å². The molecule has 2 unspecified atom stereocenters. The highest BCUT2D eigenvalue weighted by atomic mass is 32.2. The Kier molecular flexibility index (Phi) is 5.71. The average Bonchev–Trinajstić information content (AvgIpc) is 2.48. The highest BCUT2D eigenvalue weighted by Gasteiger charge is 2.02. The third-order valence-electron chi connectivity index (χ3n) is 2.94. The topological polar surface area (TPSA) is 95.5 Å². The van der Waals surface area contributed by atoms with Gasteiger partial charge in [0.1, 0.15) is 0 Å². The monoisotopic (exact) mass is 308 g/mol. The Hall–Kier alpha value is -1.45. The van der Waals surface area contributed by atoms with Gasteiger partial charge in [-0.2, -0.15) is 22.2 Å². The van der Waals surface area contributed by atoms with Crippen LogP contribution in [0.4, 0.5) is 11.4 Å². The molecule has 0 aliphatic carbocycles. The molecule has 4 N–H and O–H groups in total. The van der Waals surface area contributed by atoms with E-state index >= 15 is 0 Å². The molecule has 0 heterocycles. The van der Waals surface area contributed by atoms with Crippen LogP contribution in [0.15, 0.2) is 48.5 Å². The van der Waals surface area contributed by atoms with Gasteiger partial charge in [-0.1, -0.05) is 24.3 Å². The zero-order valence-corrected chi connectivity index (χ0v) is 12.0. The largest absolute Gasteiger partial charge is 0.595 e. The first-order valence-electron chi connectivity index (χ1n) is 6.28. The zero-order chi connectivity index (χ0) is 15.2. The lowest BCUT2D eigenvalue weighted by Crippen LogP contribution is -2.99. The highest BCUT2D eigenvalue weighted by molar-refractivity contribution is 7.97. The number of quaternary nitrogens is 2. The molecule has 112 valence electrons. The Morgan fingerprint density at radius 2 is 1.05 bits per heavy atom. The molecule has 7 heteroatoms. The van der Waals surface area contributed by atoms with E-state index in [2.05, 4.69) is 0 Å². The summed E-state index contributed by atoms with van der Waals surface area (Å²) in [6, 6.07) is 13.6. The average molecular weight is 308 g/mol. The molecule has 2 atom stereocenters. The van der Waals surface area contributed by atoms with Crippen LogP contribution >= 0.6 is 11.8 Å². The first-order valence-corrected chi connectivity index (χ1v) is 7.44. The van der Waals surface area contributed by atoms with Crippen molar-refractivity contribution in [3.8, 4) is 0 Å². The molecule has 2 aromatic carbocycles. The Morgan fingerprint density at radius 1 is 0.714 bits per heavy atom. The van der Waals surface area contributed by atoms with Crippen molar-refractivity contribution in [2.45, 2.75) is 11.5 Å². The number of thioether (sulfide) groups is 1. The molecule has 0 spiro atoms. The normalized spacial score (nSPS) is 13.9. The molecule has 6 nitrogen and oxygen atoms in total. The van der Waals surface area contributed by atoms with E-state index in [9.17, 15) is 10.4 Å². The summed E-state index contributed by atoms with van der Waals surface area (Å²) >= 11 is 1.69. The Morgan fingerprint density at radius 3 is 1.33 bits per heavy atom. The number of benzene rings is 2. The van der Waals surface area contributed by atoms with Gasteiger partial charge in [0, 0.05) is 35.8 Å². The number of hydrogen-bond acceptors (Lipinski definition) is 5. The van der Waals surface area contributed by atoms with E-state index in [0.717, 1.165) is 22.6 Å². The molecule has 0 aliphatic rings. The van der Waals surface area contributed by atoms with Gasteiger partial charge in [-0.15, -0.1) is 0 Å². The van der Waals surface area contributed by atoms with Crippen molar-refractivity contribution in [1.29, 1.82) is 0 Å². The number of hydrogen-bond donors (Lipinski definition) is 4. The lowest BCUT2D eigenvalue weighted by Gasteiger charge is -2.12. The van der Waals surface area contributed by atoms with Gasteiger partial charge in [0.15, 0.2) is 11.4 Å². The van der Waals surface area contributed by atoms with Gasteiger partial charge in [0.25, 0.3) is 0 Å². The van der Waals surface area contributed by atoms with Crippen LogP contribution in [0.25, 0.3) is 0 Å². The molecule has 0 radical (unpaired) electrons. The fourth-order valence-corrected chi connectivity index (χ4v) is 2.73. The molecule has 21 heavy (non-hydrogen) atoms. The van der Waals surface area contributed by atoms with Crippen LogP contribution in [-0.4, -0.2) is 10.4 Å². The minimum Gasteiger partial charge on any atom is -0.595 e. The van der Waals surface area contributed by atoms with E-state index in [1.807, 2.05) is 24.3 Å². The van der Waals surface area contributed by atoms with Crippen LogP contribution in [0.5, 0.6) is 0 Å². The van der Waals surface area contributed by atoms with E-state index < -0.39 is 10.5 Å². The van der Waals surface area contributed by atoms with Crippen molar-refractivity contribution in [1.82, 2.24) is 0 Å². The maximum Gasteiger partial charge on any atom is 0.163 e. The van der Waals surface area contributed by atoms with Crippen LogP contribution in [0, 0.1) is 10.4 Å². The summed E-state index contributed by atoms with van der Waals surface area (Å²) in [7, 11) is 0. The van der Waals surface area contributed by atoms with Gasteiger partial charge in [-0.25, -0.2) is 10.4 Å². The SMILES string of the molecule is [O-][NH+](O)c1ccc(CSCc2ccc([NH+]([O-])O)cc2)cc1. The summed E-state index contributed by atoms with van der Waals surface area (Å²) in [6.45, 7) is 0. The maximum absolute atomic E-state index is 10.7. The van der Waals surface area contributed by atoms with E-state index in [1.165, 1.54) is 0 Å². The molecular weight excluding hydrogens is 292 g/mol. The van der Waals surface area contributed by atoms with Crippen molar-refractivity contribution >= 4 is 23.1 Å². The minimum atomic E-state index is -0.923. The first-order chi connectivity index (χ1) is 10.1. The van der Waals surface area contributed by atoms with Crippen LogP contribution in [0.1, 0.15) is 11.1 Å². The quantitative estimate of drug-likeness (QED) is 0.595. The van der Waals surface area contributed by atoms with Gasteiger partial charge in [0.05, 0.1) is 0 Å². The molecular formula is C14H16N2O4S. The van der Waals surface area contributed by atoms with Crippen LogP contribution < -0.4 is 10.5 Å².